The minimum atomic E-state index is -5.00. The van der Waals surface area contributed by atoms with Gasteiger partial charge in [0.2, 0.25) is 0 Å². The van der Waals surface area contributed by atoms with Gasteiger partial charge in [0.05, 0.1) is 5.56 Å². The average molecular weight is 451 g/mol. The molecule has 0 fully saturated rings. The first-order chi connectivity index (χ1) is 14.5. The van der Waals surface area contributed by atoms with Crippen molar-refractivity contribution in [2.45, 2.75) is 31.5 Å². The van der Waals surface area contributed by atoms with E-state index in [0.29, 0.717) is 16.8 Å². The van der Waals surface area contributed by atoms with Crippen LogP contribution in [0, 0.1) is 6.92 Å². The van der Waals surface area contributed by atoms with Gasteiger partial charge in [0.1, 0.15) is 0 Å². The number of aromatic carboxylic acids is 1. The van der Waals surface area contributed by atoms with Crippen LogP contribution >= 0.6 is 11.6 Å². The van der Waals surface area contributed by atoms with E-state index in [0.717, 1.165) is 6.07 Å². The van der Waals surface area contributed by atoms with Gasteiger partial charge in [-0.05, 0) is 53.4 Å². The molecule has 2 aromatic heterocycles. The fraction of sp³-hybridized carbons (Fsp3) is 0.227. The molecule has 3 rings (SSSR count). The molecule has 31 heavy (non-hydrogen) atoms. The number of rotatable bonds is 5. The molecule has 0 saturated carbocycles. The number of pyridine rings is 2. The van der Waals surface area contributed by atoms with Crippen LogP contribution in [-0.4, -0.2) is 32.3 Å². The van der Waals surface area contributed by atoms with Crippen LogP contribution in [0.15, 0.2) is 55.0 Å². The van der Waals surface area contributed by atoms with Gasteiger partial charge in [-0.3, -0.25) is 9.97 Å². The molecule has 0 aliphatic carbocycles. The van der Waals surface area contributed by atoms with E-state index < -0.39 is 23.7 Å². The molecule has 3 aromatic rings. The average Bonchev–Trinajstić information content (AvgIpc) is 2.71. The number of hydrogen-bond donors (Lipinski definition) is 2. The number of carboxylic acids is 1. The van der Waals surface area contributed by atoms with Gasteiger partial charge in [0, 0.05) is 35.2 Å². The number of hydrogen-bond acceptors (Lipinski definition) is 4. The second-order valence-electron chi connectivity index (χ2n) is 7.13. The van der Waals surface area contributed by atoms with E-state index in [-0.39, 0.29) is 21.7 Å². The number of carbonyl (C=O) groups is 1. The number of alkyl halides is 3. The highest BCUT2D eigenvalue weighted by molar-refractivity contribution is 6.31. The highest BCUT2D eigenvalue weighted by Gasteiger charge is 2.59. The normalized spacial score (nSPS) is 14.7. The monoisotopic (exact) mass is 450 g/mol. The van der Waals surface area contributed by atoms with Crippen molar-refractivity contribution in [2.24, 2.45) is 0 Å². The third-order valence-corrected chi connectivity index (χ3v) is 5.55. The first-order valence-corrected chi connectivity index (χ1v) is 9.54. The zero-order valence-corrected chi connectivity index (χ0v) is 17.2. The SMILES string of the molecule is Cc1cc(C(O)(C(C)c2ccc(-c3ccncc3C(=O)O)cc2Cl)C(F)(F)F)ccn1. The number of halogens is 4. The number of benzene rings is 1. The highest BCUT2D eigenvalue weighted by Crippen LogP contribution is 2.50. The Morgan fingerprint density at radius 1 is 1.13 bits per heavy atom. The van der Waals surface area contributed by atoms with Crippen LogP contribution in [0.4, 0.5) is 13.2 Å². The summed E-state index contributed by atoms with van der Waals surface area (Å²) in [6.45, 7) is 2.76. The predicted molar refractivity (Wildman–Crippen MR) is 109 cm³/mol. The van der Waals surface area contributed by atoms with Crippen LogP contribution in [0.2, 0.25) is 5.02 Å². The zero-order valence-electron chi connectivity index (χ0n) is 16.5. The Morgan fingerprint density at radius 3 is 2.42 bits per heavy atom. The molecule has 0 aliphatic rings. The van der Waals surface area contributed by atoms with Crippen LogP contribution in [0.5, 0.6) is 0 Å². The van der Waals surface area contributed by atoms with Crippen LogP contribution in [0.1, 0.15) is 40.0 Å². The summed E-state index contributed by atoms with van der Waals surface area (Å²) in [4.78, 5) is 19.1. The second-order valence-corrected chi connectivity index (χ2v) is 7.54. The van der Waals surface area contributed by atoms with Crippen LogP contribution < -0.4 is 0 Å². The Bertz CT molecular complexity index is 1140. The maximum Gasteiger partial charge on any atom is 0.422 e. The molecule has 162 valence electrons. The molecule has 2 unspecified atom stereocenters. The third kappa shape index (κ3) is 4.13. The van der Waals surface area contributed by atoms with Crippen LogP contribution in [0.25, 0.3) is 11.1 Å². The minimum Gasteiger partial charge on any atom is -0.478 e. The number of aromatic nitrogens is 2. The predicted octanol–water partition coefficient (Wildman–Crippen LogP) is 5.36. The third-order valence-electron chi connectivity index (χ3n) is 5.23. The number of aliphatic hydroxyl groups is 1. The van der Waals surface area contributed by atoms with Crippen LogP contribution in [0.3, 0.4) is 0 Å². The summed E-state index contributed by atoms with van der Waals surface area (Å²) in [5, 5.41) is 20.2. The van der Waals surface area contributed by atoms with Crippen molar-refractivity contribution >= 4 is 17.6 Å². The molecule has 5 nitrogen and oxygen atoms in total. The summed E-state index contributed by atoms with van der Waals surface area (Å²) in [5.74, 6) is -2.66. The Morgan fingerprint density at radius 2 is 1.84 bits per heavy atom. The molecule has 1 aromatic carbocycles. The largest absolute Gasteiger partial charge is 0.478 e. The van der Waals surface area contributed by atoms with Crippen molar-refractivity contribution < 1.29 is 28.2 Å². The lowest BCUT2D eigenvalue weighted by Gasteiger charge is -2.37. The van der Waals surface area contributed by atoms with Crippen molar-refractivity contribution in [3.05, 3.63) is 82.4 Å². The number of carboxylic acid groups (broad SMARTS) is 1. The molecule has 2 N–H and O–H groups in total. The molecule has 2 heterocycles. The Balaban J connectivity index is 2.11. The first-order valence-electron chi connectivity index (χ1n) is 9.16. The van der Waals surface area contributed by atoms with Crippen LogP contribution in [-0.2, 0) is 5.60 Å². The molecular formula is C22H18ClF3N2O3. The molecular weight excluding hydrogens is 433 g/mol. The van der Waals surface area contributed by atoms with Crippen molar-refractivity contribution in [3.8, 4) is 11.1 Å². The molecule has 0 aliphatic heterocycles. The molecule has 2 atom stereocenters. The highest BCUT2D eigenvalue weighted by atomic mass is 35.5. The molecule has 0 radical (unpaired) electrons. The Labute approximate surface area is 181 Å². The lowest BCUT2D eigenvalue weighted by molar-refractivity contribution is -0.274. The fourth-order valence-electron chi connectivity index (χ4n) is 3.53. The van der Waals surface area contributed by atoms with Gasteiger partial charge >= 0.3 is 12.1 Å². The minimum absolute atomic E-state index is 0.0356. The van der Waals surface area contributed by atoms with Gasteiger partial charge in [-0.2, -0.15) is 13.2 Å². The summed E-state index contributed by atoms with van der Waals surface area (Å²) in [6, 6.07) is 7.98. The Hall–Kier alpha value is -2.97. The van der Waals surface area contributed by atoms with Gasteiger partial charge in [-0.1, -0.05) is 30.7 Å². The quantitative estimate of drug-likeness (QED) is 0.547. The lowest BCUT2D eigenvalue weighted by atomic mass is 9.77. The molecule has 0 amide bonds. The topological polar surface area (TPSA) is 83.3 Å². The standard InChI is InChI=1S/C22H18ClF3N2O3/c1-12-9-15(5-8-28-12)21(31,22(24,25)26)13(2)16-4-3-14(10-19(16)23)17-6-7-27-11-18(17)20(29)30/h3-11,13,31H,1-2H3,(H,29,30). The molecule has 0 spiro atoms. The van der Waals surface area contributed by atoms with Gasteiger partial charge in [-0.15, -0.1) is 0 Å². The van der Waals surface area contributed by atoms with Crippen molar-refractivity contribution in [1.82, 2.24) is 9.97 Å². The van der Waals surface area contributed by atoms with E-state index in [2.05, 4.69) is 9.97 Å². The van der Waals surface area contributed by atoms with Gasteiger partial charge in [-0.25, -0.2) is 4.79 Å². The smallest absolute Gasteiger partial charge is 0.422 e. The van der Waals surface area contributed by atoms with E-state index >= 15 is 0 Å². The van der Waals surface area contributed by atoms with E-state index in [1.807, 2.05) is 0 Å². The number of nitrogens with zero attached hydrogens (tertiary/aromatic N) is 2. The van der Waals surface area contributed by atoms with Gasteiger partial charge in [0.25, 0.3) is 0 Å². The maximum atomic E-state index is 14.1. The van der Waals surface area contributed by atoms with Gasteiger partial charge < -0.3 is 10.2 Å². The molecule has 9 heteroatoms. The van der Waals surface area contributed by atoms with E-state index in [1.165, 1.54) is 62.8 Å². The second kappa shape index (κ2) is 8.28. The van der Waals surface area contributed by atoms with Crippen molar-refractivity contribution in [3.63, 3.8) is 0 Å². The molecule has 0 saturated heterocycles. The molecule has 0 bridgehead atoms. The fourth-order valence-corrected chi connectivity index (χ4v) is 3.87. The zero-order chi connectivity index (χ0) is 23.0. The lowest BCUT2D eigenvalue weighted by Crippen LogP contribution is -2.46. The van der Waals surface area contributed by atoms with E-state index in [1.54, 1.807) is 0 Å². The maximum absolute atomic E-state index is 14.1. The van der Waals surface area contributed by atoms with Gasteiger partial charge in [0.15, 0.2) is 5.60 Å². The number of aryl methyl sites for hydroxylation is 1. The summed E-state index contributed by atoms with van der Waals surface area (Å²) in [7, 11) is 0. The van der Waals surface area contributed by atoms with Crippen molar-refractivity contribution in [2.75, 3.05) is 0 Å². The Kier molecular flexibility index (Phi) is 6.07. The van der Waals surface area contributed by atoms with Crippen molar-refractivity contribution in [1.29, 1.82) is 0 Å². The van der Waals surface area contributed by atoms with E-state index in [9.17, 15) is 28.2 Å². The van der Waals surface area contributed by atoms with E-state index in [4.69, 9.17) is 11.6 Å². The summed E-state index contributed by atoms with van der Waals surface area (Å²) >= 11 is 6.33. The summed E-state index contributed by atoms with van der Waals surface area (Å²) in [5.41, 5.74) is -2.52. The summed E-state index contributed by atoms with van der Waals surface area (Å²) < 4.78 is 42.3. The first kappa shape index (κ1) is 22.7. The summed E-state index contributed by atoms with van der Waals surface area (Å²) in [6.07, 6.45) is -1.21.